The zero-order chi connectivity index (χ0) is 26.4. The molecule has 1 aliphatic heterocycles. The quantitative estimate of drug-likeness (QED) is 0.432. The number of carbonyl (C=O) groups excluding carboxylic acids is 2. The molecule has 37 heavy (non-hydrogen) atoms. The number of nitrogens with zero attached hydrogens (tertiary/aromatic N) is 3. The first-order valence-electron chi connectivity index (χ1n) is 12.3. The standard InChI is InChI=1S/C27H30ClN5O4/c1-3-37-27(36)26-23(16-25(35)33(30-26)22-7-5-4-6-19(22)2)32-14-12-31(13-15-32)18-24(34)29-17-20-8-10-21(28)11-9-20/h4-11,16H,3,12-15,17-18H2,1-2H3,(H,29,34)/p+1. The van der Waals surface area contributed by atoms with Crippen molar-refractivity contribution in [2.24, 2.45) is 0 Å². The van der Waals surface area contributed by atoms with Gasteiger partial charge in [0.15, 0.2) is 12.2 Å². The lowest BCUT2D eigenvalue weighted by Gasteiger charge is -2.33. The zero-order valence-electron chi connectivity index (χ0n) is 21.0. The molecule has 0 spiro atoms. The molecule has 10 heteroatoms. The van der Waals surface area contributed by atoms with Crippen molar-refractivity contribution in [1.82, 2.24) is 15.1 Å². The van der Waals surface area contributed by atoms with Gasteiger partial charge in [0.25, 0.3) is 11.5 Å². The van der Waals surface area contributed by atoms with Crippen LogP contribution in [0.5, 0.6) is 0 Å². The second kappa shape index (κ2) is 12.0. The first-order chi connectivity index (χ1) is 17.9. The molecule has 0 radical (unpaired) electrons. The van der Waals surface area contributed by atoms with Gasteiger partial charge in [0, 0.05) is 17.6 Å². The van der Waals surface area contributed by atoms with Crippen LogP contribution in [-0.2, 0) is 16.1 Å². The second-order valence-electron chi connectivity index (χ2n) is 8.95. The van der Waals surface area contributed by atoms with Gasteiger partial charge in [-0.15, -0.1) is 0 Å². The van der Waals surface area contributed by atoms with Crippen molar-refractivity contribution in [1.29, 1.82) is 0 Å². The van der Waals surface area contributed by atoms with Gasteiger partial charge in [0.2, 0.25) is 0 Å². The minimum absolute atomic E-state index is 0.0342. The number of piperazine rings is 1. The van der Waals surface area contributed by atoms with E-state index in [2.05, 4.69) is 10.4 Å². The molecule has 194 valence electrons. The fourth-order valence-corrected chi connectivity index (χ4v) is 4.47. The lowest BCUT2D eigenvalue weighted by Crippen LogP contribution is -3.15. The van der Waals surface area contributed by atoms with Crippen LogP contribution >= 0.6 is 11.6 Å². The molecule has 3 aromatic rings. The Morgan fingerprint density at radius 3 is 2.46 bits per heavy atom. The third-order valence-electron chi connectivity index (χ3n) is 6.35. The van der Waals surface area contributed by atoms with Crippen molar-refractivity contribution in [2.45, 2.75) is 20.4 Å². The van der Waals surface area contributed by atoms with Crippen molar-refractivity contribution in [3.05, 3.63) is 86.8 Å². The average molecular weight is 525 g/mol. The summed E-state index contributed by atoms with van der Waals surface area (Å²) in [5.41, 5.74) is 2.70. The smallest absolute Gasteiger partial charge is 0.360 e. The number of para-hydroxylation sites is 1. The van der Waals surface area contributed by atoms with Gasteiger partial charge in [-0.05, 0) is 43.2 Å². The Morgan fingerprint density at radius 2 is 1.78 bits per heavy atom. The highest BCUT2D eigenvalue weighted by Crippen LogP contribution is 2.20. The van der Waals surface area contributed by atoms with Gasteiger partial charge in [0.1, 0.15) is 0 Å². The molecule has 2 N–H and O–H groups in total. The molecule has 0 saturated carbocycles. The van der Waals surface area contributed by atoms with E-state index in [0.717, 1.165) is 16.0 Å². The second-order valence-corrected chi connectivity index (χ2v) is 9.39. The van der Waals surface area contributed by atoms with Gasteiger partial charge in [0.05, 0.1) is 44.2 Å². The molecule has 1 aliphatic rings. The number of benzene rings is 2. The highest BCUT2D eigenvalue weighted by Gasteiger charge is 2.28. The monoisotopic (exact) mass is 524 g/mol. The first-order valence-corrected chi connectivity index (χ1v) is 12.7. The molecule has 0 atom stereocenters. The van der Waals surface area contributed by atoms with E-state index in [0.29, 0.717) is 55.7 Å². The normalized spacial score (nSPS) is 13.9. The molecule has 9 nitrogen and oxygen atoms in total. The Hall–Kier alpha value is -3.69. The topological polar surface area (TPSA) is 98.0 Å². The minimum Gasteiger partial charge on any atom is -0.461 e. The number of quaternary nitrogens is 1. The van der Waals surface area contributed by atoms with Gasteiger partial charge in [-0.25, -0.2) is 4.79 Å². The predicted octanol–water partition coefficient (Wildman–Crippen LogP) is 1.39. The Bertz CT molecular complexity index is 1320. The molecule has 1 aromatic heterocycles. The maximum atomic E-state index is 13.0. The van der Waals surface area contributed by atoms with E-state index in [4.69, 9.17) is 16.3 Å². The van der Waals surface area contributed by atoms with Gasteiger partial charge < -0.3 is 19.9 Å². The van der Waals surface area contributed by atoms with Crippen LogP contribution in [0.2, 0.25) is 5.02 Å². The lowest BCUT2D eigenvalue weighted by molar-refractivity contribution is -0.892. The SMILES string of the molecule is CCOC(=O)c1nn(-c2ccccc2C)c(=O)cc1N1CC[NH+](CC(=O)NCc2ccc(Cl)cc2)CC1. The summed E-state index contributed by atoms with van der Waals surface area (Å²) in [6.07, 6.45) is 0. The van der Waals surface area contributed by atoms with E-state index >= 15 is 0 Å². The summed E-state index contributed by atoms with van der Waals surface area (Å²) in [7, 11) is 0. The van der Waals surface area contributed by atoms with E-state index in [1.54, 1.807) is 25.1 Å². The van der Waals surface area contributed by atoms with E-state index in [1.165, 1.54) is 10.7 Å². The lowest BCUT2D eigenvalue weighted by atomic mass is 10.2. The van der Waals surface area contributed by atoms with Crippen LogP contribution in [0, 0.1) is 6.92 Å². The molecule has 0 unspecified atom stereocenters. The summed E-state index contributed by atoms with van der Waals surface area (Å²) in [4.78, 5) is 41.4. The van der Waals surface area contributed by atoms with Crippen molar-refractivity contribution in [2.75, 3.05) is 44.2 Å². The average Bonchev–Trinajstić information content (AvgIpc) is 2.89. The molecule has 2 heterocycles. The van der Waals surface area contributed by atoms with E-state index in [1.807, 2.05) is 42.2 Å². The highest BCUT2D eigenvalue weighted by atomic mass is 35.5. The van der Waals surface area contributed by atoms with Crippen LogP contribution in [0.1, 0.15) is 28.5 Å². The third-order valence-corrected chi connectivity index (χ3v) is 6.60. The van der Waals surface area contributed by atoms with Crippen LogP contribution in [0.3, 0.4) is 0 Å². The largest absolute Gasteiger partial charge is 0.461 e. The number of hydrogen-bond donors (Lipinski definition) is 2. The van der Waals surface area contributed by atoms with Crippen LogP contribution in [0.4, 0.5) is 5.69 Å². The number of halogens is 1. The van der Waals surface area contributed by atoms with Crippen molar-refractivity contribution in [3.8, 4) is 5.69 Å². The minimum atomic E-state index is -0.573. The Morgan fingerprint density at radius 1 is 1.08 bits per heavy atom. The summed E-state index contributed by atoms with van der Waals surface area (Å²) in [5.74, 6) is -0.607. The molecule has 1 saturated heterocycles. The number of aryl methyl sites for hydroxylation is 1. The van der Waals surface area contributed by atoms with Gasteiger partial charge in [-0.3, -0.25) is 9.59 Å². The molecule has 4 rings (SSSR count). The fourth-order valence-electron chi connectivity index (χ4n) is 4.34. The number of rotatable bonds is 8. The van der Waals surface area contributed by atoms with Crippen LogP contribution in [0.15, 0.2) is 59.4 Å². The Labute approximate surface area is 220 Å². The summed E-state index contributed by atoms with van der Waals surface area (Å²) in [6.45, 7) is 7.11. The first kappa shape index (κ1) is 26.4. The van der Waals surface area contributed by atoms with E-state index in [9.17, 15) is 14.4 Å². The van der Waals surface area contributed by atoms with E-state index in [-0.39, 0.29) is 23.8 Å². The molecule has 1 fully saturated rings. The molecule has 0 aliphatic carbocycles. The number of nitrogens with one attached hydrogen (secondary N) is 2. The summed E-state index contributed by atoms with van der Waals surface area (Å²) in [5, 5.41) is 8.04. The number of anilines is 1. The van der Waals surface area contributed by atoms with Crippen LogP contribution in [-0.4, -0.2) is 61.0 Å². The Kier molecular flexibility index (Phi) is 8.58. The third kappa shape index (κ3) is 6.55. The van der Waals surface area contributed by atoms with Crippen LogP contribution in [0.25, 0.3) is 5.69 Å². The Balaban J connectivity index is 1.44. The maximum absolute atomic E-state index is 13.0. The molecule has 1 amide bonds. The van der Waals surface area contributed by atoms with Gasteiger partial charge >= 0.3 is 5.97 Å². The van der Waals surface area contributed by atoms with Crippen molar-refractivity contribution >= 4 is 29.2 Å². The highest BCUT2D eigenvalue weighted by molar-refractivity contribution is 6.30. The number of esters is 1. The van der Waals surface area contributed by atoms with Gasteiger partial charge in [-0.2, -0.15) is 9.78 Å². The number of carbonyl (C=O) groups is 2. The summed E-state index contributed by atoms with van der Waals surface area (Å²) < 4.78 is 6.50. The number of hydrogen-bond acceptors (Lipinski definition) is 6. The summed E-state index contributed by atoms with van der Waals surface area (Å²) >= 11 is 5.91. The van der Waals surface area contributed by atoms with Crippen molar-refractivity contribution < 1.29 is 19.2 Å². The molecule has 0 bridgehead atoms. The van der Waals surface area contributed by atoms with Crippen LogP contribution < -0.4 is 20.7 Å². The predicted molar refractivity (Wildman–Crippen MR) is 142 cm³/mol. The number of amides is 1. The fraction of sp³-hybridized carbons (Fsp3) is 0.333. The number of ether oxygens (including phenoxy) is 1. The molecular weight excluding hydrogens is 494 g/mol. The van der Waals surface area contributed by atoms with Gasteiger partial charge in [-0.1, -0.05) is 41.9 Å². The zero-order valence-corrected chi connectivity index (χ0v) is 21.8. The molecule has 2 aromatic carbocycles. The van der Waals surface area contributed by atoms with Crippen molar-refractivity contribution in [3.63, 3.8) is 0 Å². The molecular formula is C27H31ClN5O4+. The number of aromatic nitrogens is 2. The maximum Gasteiger partial charge on any atom is 0.360 e. The van der Waals surface area contributed by atoms with E-state index < -0.39 is 5.97 Å². The summed E-state index contributed by atoms with van der Waals surface area (Å²) in [6, 6.07) is 16.2.